The van der Waals surface area contributed by atoms with Crippen molar-refractivity contribution in [2.45, 2.75) is 6.92 Å². The summed E-state index contributed by atoms with van der Waals surface area (Å²) in [6, 6.07) is 0. The SMILES string of the molecule is C/C(C=O)=C/C=C/CBr. The van der Waals surface area contributed by atoms with Crippen molar-refractivity contribution >= 4 is 22.2 Å². The van der Waals surface area contributed by atoms with E-state index in [4.69, 9.17) is 0 Å². The molecule has 0 bridgehead atoms. The summed E-state index contributed by atoms with van der Waals surface area (Å²) in [6.07, 6.45) is 6.37. The molecule has 0 aromatic rings. The van der Waals surface area contributed by atoms with Gasteiger partial charge in [0.25, 0.3) is 0 Å². The first-order valence-corrected chi connectivity index (χ1v) is 3.78. The first kappa shape index (κ1) is 8.63. The minimum atomic E-state index is 0.743. The first-order chi connectivity index (χ1) is 4.31. The van der Waals surface area contributed by atoms with Crippen molar-refractivity contribution in [2.75, 3.05) is 5.33 Å². The van der Waals surface area contributed by atoms with Crippen LogP contribution >= 0.6 is 15.9 Å². The predicted octanol–water partition coefficient (Wildman–Crippen LogP) is 2.08. The number of alkyl halides is 1. The zero-order chi connectivity index (χ0) is 7.11. The van der Waals surface area contributed by atoms with Crippen LogP contribution in [0.25, 0.3) is 0 Å². The smallest absolute Gasteiger partial charge is 0.145 e. The fourth-order valence-corrected chi connectivity index (χ4v) is 0.526. The van der Waals surface area contributed by atoms with Crippen LogP contribution in [0, 0.1) is 0 Å². The molecule has 0 amide bonds. The van der Waals surface area contributed by atoms with Crippen LogP contribution < -0.4 is 0 Å². The van der Waals surface area contributed by atoms with Crippen LogP contribution in [0.2, 0.25) is 0 Å². The molecule has 1 nitrogen and oxygen atoms in total. The average molecular weight is 189 g/mol. The maximum Gasteiger partial charge on any atom is 0.145 e. The number of hydrogen-bond acceptors (Lipinski definition) is 1. The Morgan fingerprint density at radius 2 is 2.33 bits per heavy atom. The molecule has 0 N–H and O–H groups in total. The van der Waals surface area contributed by atoms with E-state index in [1.54, 1.807) is 13.0 Å². The van der Waals surface area contributed by atoms with Crippen LogP contribution in [0.3, 0.4) is 0 Å². The molecule has 0 spiro atoms. The summed E-state index contributed by atoms with van der Waals surface area (Å²) in [5, 5.41) is 0.829. The van der Waals surface area contributed by atoms with E-state index in [1.807, 2.05) is 12.2 Å². The Hall–Kier alpha value is -0.370. The van der Waals surface area contributed by atoms with E-state index in [2.05, 4.69) is 15.9 Å². The standard InChI is InChI=1S/C7H9BrO/c1-7(6-9)4-2-3-5-8/h2-4,6H,5H2,1H3/b3-2+,7-4-. The number of carbonyl (C=O) groups excluding carboxylic acids is 1. The Morgan fingerprint density at radius 1 is 1.67 bits per heavy atom. The third-order valence-electron chi connectivity index (χ3n) is 0.770. The van der Waals surface area contributed by atoms with Crippen LogP contribution in [0.15, 0.2) is 23.8 Å². The largest absolute Gasteiger partial charge is 0.298 e. The highest BCUT2D eigenvalue weighted by molar-refractivity contribution is 9.09. The van der Waals surface area contributed by atoms with Crippen molar-refractivity contribution in [1.29, 1.82) is 0 Å². The summed E-state index contributed by atoms with van der Waals surface area (Å²) in [6.45, 7) is 1.77. The lowest BCUT2D eigenvalue weighted by Crippen LogP contribution is -1.72. The van der Waals surface area contributed by atoms with Crippen molar-refractivity contribution in [3.63, 3.8) is 0 Å². The van der Waals surface area contributed by atoms with E-state index < -0.39 is 0 Å². The molecule has 0 saturated heterocycles. The van der Waals surface area contributed by atoms with Gasteiger partial charge in [-0.15, -0.1) is 0 Å². The van der Waals surface area contributed by atoms with E-state index in [0.717, 1.165) is 17.2 Å². The molecule has 0 atom stereocenters. The van der Waals surface area contributed by atoms with Gasteiger partial charge in [0.15, 0.2) is 0 Å². The molecule has 0 fully saturated rings. The summed E-state index contributed by atoms with van der Waals surface area (Å²) in [7, 11) is 0. The second kappa shape index (κ2) is 5.76. The Bertz CT molecular complexity index is 136. The molecule has 0 unspecified atom stereocenters. The second-order valence-corrected chi connectivity index (χ2v) is 2.26. The van der Waals surface area contributed by atoms with E-state index in [0.29, 0.717) is 0 Å². The van der Waals surface area contributed by atoms with Crippen molar-refractivity contribution < 1.29 is 4.79 Å². The third-order valence-corrected chi connectivity index (χ3v) is 1.14. The molecule has 50 valence electrons. The Morgan fingerprint density at radius 3 is 2.78 bits per heavy atom. The molecule has 0 radical (unpaired) electrons. The topological polar surface area (TPSA) is 17.1 Å². The van der Waals surface area contributed by atoms with Gasteiger partial charge in [-0.05, 0) is 12.5 Å². The molecule has 0 rings (SSSR count). The molecular weight excluding hydrogens is 180 g/mol. The minimum Gasteiger partial charge on any atom is -0.298 e. The van der Waals surface area contributed by atoms with E-state index in [-0.39, 0.29) is 0 Å². The predicted molar refractivity (Wildman–Crippen MR) is 42.8 cm³/mol. The molecule has 9 heavy (non-hydrogen) atoms. The molecule has 0 aromatic carbocycles. The molecular formula is C7H9BrO. The number of allylic oxidation sites excluding steroid dienone is 4. The van der Waals surface area contributed by atoms with Crippen LogP contribution in [0.1, 0.15) is 6.92 Å². The maximum atomic E-state index is 9.99. The number of rotatable bonds is 3. The van der Waals surface area contributed by atoms with E-state index in [9.17, 15) is 4.79 Å². The van der Waals surface area contributed by atoms with Gasteiger partial charge in [0.1, 0.15) is 6.29 Å². The van der Waals surface area contributed by atoms with Gasteiger partial charge < -0.3 is 0 Å². The maximum absolute atomic E-state index is 9.99. The summed E-state index contributed by atoms with van der Waals surface area (Å²) in [5.41, 5.74) is 0.743. The fraction of sp³-hybridized carbons (Fsp3) is 0.286. The van der Waals surface area contributed by atoms with Gasteiger partial charge in [0.05, 0.1) is 0 Å². The highest BCUT2D eigenvalue weighted by Crippen LogP contribution is 1.88. The van der Waals surface area contributed by atoms with E-state index in [1.165, 1.54) is 0 Å². The third kappa shape index (κ3) is 5.50. The molecule has 0 heterocycles. The zero-order valence-corrected chi connectivity index (χ0v) is 6.89. The number of halogens is 1. The molecule has 0 aromatic heterocycles. The summed E-state index contributed by atoms with van der Waals surface area (Å²) in [4.78, 5) is 9.99. The van der Waals surface area contributed by atoms with Gasteiger partial charge in [-0.3, -0.25) is 4.79 Å². The summed E-state index contributed by atoms with van der Waals surface area (Å²) >= 11 is 3.22. The summed E-state index contributed by atoms with van der Waals surface area (Å²) < 4.78 is 0. The van der Waals surface area contributed by atoms with E-state index >= 15 is 0 Å². The molecule has 2 heteroatoms. The van der Waals surface area contributed by atoms with Gasteiger partial charge in [0, 0.05) is 5.33 Å². The second-order valence-electron chi connectivity index (χ2n) is 1.61. The van der Waals surface area contributed by atoms with Crippen molar-refractivity contribution in [3.05, 3.63) is 23.8 Å². The minimum absolute atomic E-state index is 0.743. The lowest BCUT2D eigenvalue weighted by Gasteiger charge is -1.78. The molecule has 0 aliphatic heterocycles. The molecule has 0 aliphatic rings. The summed E-state index contributed by atoms with van der Waals surface area (Å²) in [5.74, 6) is 0. The highest BCUT2D eigenvalue weighted by atomic mass is 79.9. The lowest BCUT2D eigenvalue weighted by atomic mass is 10.3. The van der Waals surface area contributed by atoms with Gasteiger partial charge in [-0.1, -0.05) is 34.2 Å². The van der Waals surface area contributed by atoms with Crippen molar-refractivity contribution in [3.8, 4) is 0 Å². The average Bonchev–Trinajstić information content (AvgIpc) is 1.89. The Balaban J connectivity index is 3.68. The van der Waals surface area contributed by atoms with Gasteiger partial charge in [-0.25, -0.2) is 0 Å². The van der Waals surface area contributed by atoms with Crippen molar-refractivity contribution in [2.24, 2.45) is 0 Å². The zero-order valence-electron chi connectivity index (χ0n) is 5.30. The normalized spacial score (nSPS) is 12.4. The first-order valence-electron chi connectivity index (χ1n) is 2.66. The highest BCUT2D eigenvalue weighted by Gasteiger charge is 1.76. The molecule has 0 aliphatic carbocycles. The monoisotopic (exact) mass is 188 g/mol. The number of carbonyl (C=O) groups is 1. The number of aldehydes is 1. The van der Waals surface area contributed by atoms with Crippen LogP contribution in [0.5, 0.6) is 0 Å². The number of hydrogen-bond donors (Lipinski definition) is 0. The van der Waals surface area contributed by atoms with Crippen LogP contribution in [0.4, 0.5) is 0 Å². The quantitative estimate of drug-likeness (QED) is 0.287. The lowest BCUT2D eigenvalue weighted by molar-refractivity contribution is -0.104. The van der Waals surface area contributed by atoms with Gasteiger partial charge >= 0.3 is 0 Å². The fourth-order valence-electron chi connectivity index (χ4n) is 0.311. The van der Waals surface area contributed by atoms with Crippen LogP contribution in [-0.4, -0.2) is 11.6 Å². The Kier molecular flexibility index (Phi) is 5.52. The van der Waals surface area contributed by atoms with Crippen LogP contribution in [-0.2, 0) is 4.79 Å². The van der Waals surface area contributed by atoms with Gasteiger partial charge in [-0.2, -0.15) is 0 Å². The van der Waals surface area contributed by atoms with Gasteiger partial charge in [0.2, 0.25) is 0 Å². The van der Waals surface area contributed by atoms with Crippen molar-refractivity contribution in [1.82, 2.24) is 0 Å². The Labute approximate surface area is 63.6 Å². The molecule has 0 saturated carbocycles.